The molecule has 8 heteroatoms. The lowest BCUT2D eigenvalue weighted by atomic mass is 10.2. The van der Waals surface area contributed by atoms with E-state index in [4.69, 9.17) is 19.9 Å². The molecule has 1 saturated heterocycles. The van der Waals surface area contributed by atoms with Crippen molar-refractivity contribution in [1.29, 1.82) is 0 Å². The summed E-state index contributed by atoms with van der Waals surface area (Å²) < 4.78 is 18.6. The van der Waals surface area contributed by atoms with Crippen LogP contribution in [0.15, 0.2) is 30.3 Å². The second kappa shape index (κ2) is 8.10. The molecule has 1 fully saturated rings. The summed E-state index contributed by atoms with van der Waals surface area (Å²) in [6, 6.07) is 9.36. The average Bonchev–Trinajstić information content (AvgIpc) is 2.94. The molecule has 1 aliphatic rings. The second-order valence-electron chi connectivity index (χ2n) is 7.78. The van der Waals surface area contributed by atoms with Crippen molar-refractivity contribution < 1.29 is 19.0 Å². The number of benzene rings is 1. The van der Waals surface area contributed by atoms with Gasteiger partial charge in [0.1, 0.15) is 18.0 Å². The van der Waals surface area contributed by atoms with Crippen LogP contribution in [0, 0.1) is 6.92 Å². The maximum atomic E-state index is 12.5. The molecule has 2 N–H and O–H groups in total. The van der Waals surface area contributed by atoms with E-state index in [1.165, 1.54) is 0 Å². The van der Waals surface area contributed by atoms with Crippen LogP contribution in [0.3, 0.4) is 0 Å². The van der Waals surface area contributed by atoms with Crippen LogP contribution < -0.4 is 10.5 Å². The summed E-state index contributed by atoms with van der Waals surface area (Å²) in [6.07, 6.45) is -0.365. The molecule has 0 unspecified atom stereocenters. The number of nitrogens with zero attached hydrogens (tertiary/aromatic N) is 3. The highest BCUT2D eigenvalue weighted by atomic mass is 16.6. The molecule has 0 radical (unpaired) electrons. The Labute approximate surface area is 165 Å². The predicted octanol–water partition coefficient (Wildman–Crippen LogP) is 2.78. The SMILES string of the molecule is Cc1c(OC[C@@H]2COCCN2C(=O)OC(C)(C)C)nn(-c2ccccc2)c1N. The van der Waals surface area contributed by atoms with E-state index in [1.54, 1.807) is 9.58 Å². The topological polar surface area (TPSA) is 91.8 Å². The zero-order chi connectivity index (χ0) is 20.3. The number of carbonyl (C=O) groups excluding carboxylic acids is 1. The van der Waals surface area contributed by atoms with Gasteiger partial charge in [-0.05, 0) is 39.8 Å². The molecule has 2 aromatic rings. The summed E-state index contributed by atoms with van der Waals surface area (Å²) in [4.78, 5) is 14.2. The third-order valence-corrected chi connectivity index (χ3v) is 4.39. The van der Waals surface area contributed by atoms with Gasteiger partial charge in [0, 0.05) is 6.54 Å². The number of morpholine rings is 1. The summed E-state index contributed by atoms with van der Waals surface area (Å²) in [7, 11) is 0. The Kier molecular flexibility index (Phi) is 5.79. The minimum absolute atomic E-state index is 0.241. The van der Waals surface area contributed by atoms with Crippen LogP contribution in [0.4, 0.5) is 10.6 Å². The van der Waals surface area contributed by atoms with Crippen molar-refractivity contribution >= 4 is 11.9 Å². The fourth-order valence-corrected chi connectivity index (χ4v) is 2.92. The Morgan fingerprint density at radius 2 is 2.04 bits per heavy atom. The van der Waals surface area contributed by atoms with Gasteiger partial charge in [0.05, 0.1) is 30.5 Å². The first-order valence-electron chi connectivity index (χ1n) is 9.37. The van der Waals surface area contributed by atoms with Gasteiger partial charge in [-0.15, -0.1) is 5.10 Å². The van der Waals surface area contributed by atoms with Crippen LogP contribution in [0.1, 0.15) is 26.3 Å². The van der Waals surface area contributed by atoms with Gasteiger partial charge in [0.2, 0.25) is 5.88 Å². The van der Waals surface area contributed by atoms with E-state index in [0.29, 0.717) is 31.5 Å². The summed E-state index contributed by atoms with van der Waals surface area (Å²) in [5.74, 6) is 0.959. The molecule has 28 heavy (non-hydrogen) atoms. The van der Waals surface area contributed by atoms with E-state index >= 15 is 0 Å². The Balaban J connectivity index is 1.71. The lowest BCUT2D eigenvalue weighted by Crippen LogP contribution is -2.52. The Morgan fingerprint density at radius 3 is 2.71 bits per heavy atom. The first kappa shape index (κ1) is 20.0. The number of anilines is 1. The van der Waals surface area contributed by atoms with Crippen molar-refractivity contribution in [3.05, 3.63) is 35.9 Å². The number of nitrogens with two attached hydrogens (primary N) is 1. The number of rotatable bonds is 4. The normalized spacial score (nSPS) is 17.4. The molecule has 0 aliphatic carbocycles. The molecule has 1 aromatic carbocycles. The summed E-state index contributed by atoms with van der Waals surface area (Å²) in [5, 5.41) is 4.49. The molecule has 1 amide bonds. The van der Waals surface area contributed by atoms with Gasteiger partial charge in [-0.2, -0.15) is 0 Å². The number of amides is 1. The van der Waals surface area contributed by atoms with Crippen molar-refractivity contribution in [2.75, 3.05) is 32.1 Å². The molecule has 0 spiro atoms. The van der Waals surface area contributed by atoms with Crippen molar-refractivity contribution in [3.63, 3.8) is 0 Å². The van der Waals surface area contributed by atoms with Crippen molar-refractivity contribution in [2.45, 2.75) is 39.3 Å². The van der Waals surface area contributed by atoms with Gasteiger partial charge in [-0.3, -0.25) is 4.90 Å². The highest BCUT2D eigenvalue weighted by Crippen LogP contribution is 2.26. The van der Waals surface area contributed by atoms with E-state index in [-0.39, 0.29) is 18.7 Å². The van der Waals surface area contributed by atoms with Crippen LogP contribution in [0.2, 0.25) is 0 Å². The lowest BCUT2D eigenvalue weighted by molar-refractivity contribution is -0.0422. The van der Waals surface area contributed by atoms with Gasteiger partial charge in [0.25, 0.3) is 0 Å². The number of para-hydroxylation sites is 1. The number of hydrogen-bond acceptors (Lipinski definition) is 6. The molecule has 0 bridgehead atoms. The van der Waals surface area contributed by atoms with Gasteiger partial charge in [0.15, 0.2) is 0 Å². The van der Waals surface area contributed by atoms with E-state index < -0.39 is 5.60 Å². The number of nitrogen functional groups attached to an aromatic ring is 1. The van der Waals surface area contributed by atoms with Crippen molar-refractivity contribution in [3.8, 4) is 11.6 Å². The second-order valence-corrected chi connectivity index (χ2v) is 7.78. The minimum Gasteiger partial charge on any atom is -0.474 e. The fourth-order valence-electron chi connectivity index (χ4n) is 2.92. The Hall–Kier alpha value is -2.74. The highest BCUT2D eigenvalue weighted by Gasteiger charge is 2.32. The first-order chi connectivity index (χ1) is 13.3. The maximum absolute atomic E-state index is 12.5. The third kappa shape index (κ3) is 4.56. The molecule has 2 heterocycles. The standard InChI is InChI=1S/C20H28N4O4/c1-14-17(21)24(15-8-6-5-7-9-15)22-18(14)27-13-16-12-26-11-10-23(16)19(25)28-20(2,3)4/h5-9,16H,10-13,21H2,1-4H3/t16-/m0/s1. The quantitative estimate of drug-likeness (QED) is 0.866. The fraction of sp³-hybridized carbons (Fsp3) is 0.500. The predicted molar refractivity (Wildman–Crippen MR) is 106 cm³/mol. The molecule has 3 rings (SSSR count). The molecule has 152 valence electrons. The zero-order valence-electron chi connectivity index (χ0n) is 16.8. The lowest BCUT2D eigenvalue weighted by Gasteiger charge is -2.36. The van der Waals surface area contributed by atoms with Crippen LogP contribution >= 0.6 is 0 Å². The van der Waals surface area contributed by atoms with Gasteiger partial charge in [-0.1, -0.05) is 18.2 Å². The van der Waals surface area contributed by atoms with Crippen molar-refractivity contribution in [1.82, 2.24) is 14.7 Å². The maximum Gasteiger partial charge on any atom is 0.410 e. The molecule has 1 aliphatic heterocycles. The summed E-state index contributed by atoms with van der Waals surface area (Å²) >= 11 is 0. The molecule has 1 aromatic heterocycles. The van der Waals surface area contributed by atoms with Gasteiger partial charge < -0.3 is 19.9 Å². The van der Waals surface area contributed by atoms with Crippen LogP contribution in [-0.4, -0.2) is 58.8 Å². The Bertz CT molecular complexity index is 814. The van der Waals surface area contributed by atoms with Crippen LogP contribution in [-0.2, 0) is 9.47 Å². The van der Waals surface area contributed by atoms with Gasteiger partial charge >= 0.3 is 6.09 Å². The first-order valence-corrected chi connectivity index (χ1v) is 9.37. The molecule has 8 nitrogen and oxygen atoms in total. The number of hydrogen-bond donors (Lipinski definition) is 1. The highest BCUT2D eigenvalue weighted by molar-refractivity contribution is 5.68. The minimum atomic E-state index is -0.555. The monoisotopic (exact) mass is 388 g/mol. The average molecular weight is 388 g/mol. The third-order valence-electron chi connectivity index (χ3n) is 4.39. The number of ether oxygens (including phenoxy) is 3. The molecular formula is C20H28N4O4. The zero-order valence-corrected chi connectivity index (χ0v) is 16.8. The van der Waals surface area contributed by atoms with E-state index in [0.717, 1.165) is 11.3 Å². The van der Waals surface area contributed by atoms with Crippen LogP contribution in [0.25, 0.3) is 5.69 Å². The van der Waals surface area contributed by atoms with Crippen molar-refractivity contribution in [2.24, 2.45) is 0 Å². The summed E-state index contributed by atoms with van der Waals surface area (Å²) in [6.45, 7) is 8.96. The van der Waals surface area contributed by atoms with E-state index in [2.05, 4.69) is 5.10 Å². The number of aromatic nitrogens is 2. The molecular weight excluding hydrogens is 360 g/mol. The largest absolute Gasteiger partial charge is 0.474 e. The summed E-state index contributed by atoms with van der Waals surface area (Å²) in [5.41, 5.74) is 7.25. The Morgan fingerprint density at radius 1 is 1.32 bits per heavy atom. The van der Waals surface area contributed by atoms with Gasteiger partial charge in [-0.25, -0.2) is 9.48 Å². The molecule has 0 saturated carbocycles. The van der Waals surface area contributed by atoms with E-state index in [9.17, 15) is 4.79 Å². The van der Waals surface area contributed by atoms with Crippen LogP contribution in [0.5, 0.6) is 5.88 Å². The number of carbonyl (C=O) groups is 1. The van der Waals surface area contributed by atoms with E-state index in [1.807, 2.05) is 58.0 Å². The smallest absolute Gasteiger partial charge is 0.410 e. The molecule has 1 atom stereocenters.